The molecule has 21 heavy (non-hydrogen) atoms. The highest BCUT2D eigenvalue weighted by Gasteiger charge is 2.19. The van der Waals surface area contributed by atoms with Gasteiger partial charge in [-0.2, -0.15) is 8.78 Å². The second-order valence-corrected chi connectivity index (χ2v) is 5.04. The lowest BCUT2D eigenvalue weighted by Gasteiger charge is -2.29. The number of ether oxygens (including phenoxy) is 1. The fourth-order valence-electron chi connectivity index (χ4n) is 2.27. The number of hydrogen-bond donors (Lipinski definition) is 2. The van der Waals surface area contributed by atoms with E-state index in [-0.39, 0.29) is 29.9 Å². The number of hydrogen-bond acceptors (Lipinski definition) is 4. The Hall–Kier alpha value is -1.73. The zero-order valence-corrected chi connectivity index (χ0v) is 11.6. The normalized spacial score (nSPS) is 17.0. The highest BCUT2D eigenvalue weighted by Crippen LogP contribution is 2.25. The fourth-order valence-corrected chi connectivity index (χ4v) is 2.27. The number of anilines is 1. The molecule has 5 nitrogen and oxygen atoms in total. The maximum atomic E-state index is 12.3. The SMILES string of the molecule is NC1CCN(CC(=O)Nc2ccccc2OC(F)F)CC1. The fraction of sp³-hybridized carbons (Fsp3) is 0.500. The number of carbonyl (C=O) groups is 1. The first-order valence-electron chi connectivity index (χ1n) is 6.86. The van der Waals surface area contributed by atoms with Gasteiger partial charge in [-0.15, -0.1) is 0 Å². The summed E-state index contributed by atoms with van der Waals surface area (Å²) in [5.74, 6) is -0.294. The number of carbonyl (C=O) groups excluding carboxylic acids is 1. The van der Waals surface area contributed by atoms with Gasteiger partial charge in [-0.1, -0.05) is 12.1 Å². The van der Waals surface area contributed by atoms with Crippen molar-refractivity contribution in [3.05, 3.63) is 24.3 Å². The molecule has 0 saturated carbocycles. The molecule has 1 aliphatic heterocycles. The Balaban J connectivity index is 1.90. The largest absolute Gasteiger partial charge is 0.433 e. The van der Waals surface area contributed by atoms with E-state index in [0.29, 0.717) is 0 Å². The zero-order valence-electron chi connectivity index (χ0n) is 11.6. The van der Waals surface area contributed by atoms with Crippen molar-refractivity contribution in [2.24, 2.45) is 5.73 Å². The van der Waals surface area contributed by atoms with E-state index in [9.17, 15) is 13.6 Å². The van der Waals surface area contributed by atoms with Gasteiger partial charge in [-0.05, 0) is 25.0 Å². The predicted molar refractivity (Wildman–Crippen MR) is 75.4 cm³/mol. The van der Waals surface area contributed by atoms with Crippen molar-refractivity contribution in [2.45, 2.75) is 25.5 Å². The van der Waals surface area contributed by atoms with Crippen molar-refractivity contribution in [1.82, 2.24) is 4.90 Å². The zero-order chi connectivity index (χ0) is 15.2. The number of piperidine rings is 1. The second kappa shape index (κ2) is 7.33. The maximum absolute atomic E-state index is 12.3. The minimum Gasteiger partial charge on any atom is -0.433 e. The monoisotopic (exact) mass is 299 g/mol. The molecule has 0 aromatic heterocycles. The summed E-state index contributed by atoms with van der Waals surface area (Å²) in [4.78, 5) is 14.0. The predicted octanol–water partition coefficient (Wildman–Crippen LogP) is 1.65. The van der Waals surface area contributed by atoms with E-state index in [2.05, 4.69) is 10.1 Å². The van der Waals surface area contributed by atoms with E-state index in [1.54, 1.807) is 12.1 Å². The van der Waals surface area contributed by atoms with E-state index in [0.717, 1.165) is 25.9 Å². The van der Waals surface area contributed by atoms with E-state index in [1.165, 1.54) is 12.1 Å². The number of rotatable bonds is 5. The highest BCUT2D eigenvalue weighted by molar-refractivity contribution is 5.93. The molecule has 1 amide bonds. The Morgan fingerprint density at radius 2 is 2.05 bits per heavy atom. The standard InChI is InChI=1S/C14H19F2N3O2/c15-14(16)21-12-4-2-1-3-11(12)18-13(20)9-19-7-5-10(17)6-8-19/h1-4,10,14H,5-9,17H2,(H,18,20). The number of halogens is 2. The molecule has 0 unspecified atom stereocenters. The molecule has 2 rings (SSSR count). The van der Waals surface area contributed by atoms with Crippen molar-refractivity contribution in [1.29, 1.82) is 0 Å². The molecule has 3 N–H and O–H groups in total. The molecule has 0 radical (unpaired) electrons. The topological polar surface area (TPSA) is 67.6 Å². The van der Waals surface area contributed by atoms with Crippen LogP contribution >= 0.6 is 0 Å². The quantitative estimate of drug-likeness (QED) is 0.867. The molecule has 1 aromatic carbocycles. The summed E-state index contributed by atoms with van der Waals surface area (Å²) in [5.41, 5.74) is 6.05. The van der Waals surface area contributed by atoms with E-state index >= 15 is 0 Å². The van der Waals surface area contributed by atoms with E-state index in [1.807, 2.05) is 4.90 Å². The summed E-state index contributed by atoms with van der Waals surface area (Å²) in [5, 5.41) is 2.60. The molecular formula is C14H19F2N3O2. The lowest BCUT2D eigenvalue weighted by atomic mass is 10.1. The number of benzene rings is 1. The van der Waals surface area contributed by atoms with Gasteiger partial charge in [0, 0.05) is 19.1 Å². The Morgan fingerprint density at radius 3 is 2.71 bits per heavy atom. The summed E-state index contributed by atoms with van der Waals surface area (Å²) in [6.45, 7) is -1.17. The number of para-hydroxylation sites is 2. The molecule has 1 saturated heterocycles. The number of amides is 1. The lowest BCUT2D eigenvalue weighted by molar-refractivity contribution is -0.117. The molecule has 0 bridgehead atoms. The van der Waals surface area contributed by atoms with Crippen molar-refractivity contribution < 1.29 is 18.3 Å². The third-order valence-corrected chi connectivity index (χ3v) is 3.38. The van der Waals surface area contributed by atoms with Gasteiger partial charge in [0.25, 0.3) is 0 Å². The average molecular weight is 299 g/mol. The second-order valence-electron chi connectivity index (χ2n) is 5.04. The summed E-state index contributed by atoms with van der Waals surface area (Å²) in [6, 6.07) is 6.33. The van der Waals surface area contributed by atoms with Crippen molar-refractivity contribution >= 4 is 11.6 Å². The summed E-state index contributed by atoms with van der Waals surface area (Å²) in [7, 11) is 0. The molecule has 0 aliphatic carbocycles. The van der Waals surface area contributed by atoms with E-state index in [4.69, 9.17) is 5.73 Å². The number of alkyl halides is 2. The Labute approximate surface area is 122 Å². The smallest absolute Gasteiger partial charge is 0.387 e. The molecule has 1 aliphatic rings. The molecule has 1 heterocycles. The summed E-state index contributed by atoms with van der Waals surface area (Å²) < 4.78 is 29.0. The van der Waals surface area contributed by atoms with Crippen LogP contribution in [0.25, 0.3) is 0 Å². The lowest BCUT2D eigenvalue weighted by Crippen LogP contribution is -2.43. The number of nitrogens with zero attached hydrogens (tertiary/aromatic N) is 1. The highest BCUT2D eigenvalue weighted by atomic mass is 19.3. The first kappa shape index (κ1) is 15.7. The third-order valence-electron chi connectivity index (χ3n) is 3.38. The molecule has 0 atom stereocenters. The molecule has 1 aromatic rings. The van der Waals surface area contributed by atoms with Gasteiger partial charge in [0.2, 0.25) is 5.91 Å². The molecular weight excluding hydrogens is 280 g/mol. The van der Waals surface area contributed by atoms with Gasteiger partial charge < -0.3 is 15.8 Å². The van der Waals surface area contributed by atoms with Crippen LogP contribution in [0, 0.1) is 0 Å². The minimum atomic E-state index is -2.92. The van der Waals surface area contributed by atoms with Crippen molar-refractivity contribution in [3.8, 4) is 5.75 Å². The van der Waals surface area contributed by atoms with Crippen molar-refractivity contribution in [2.75, 3.05) is 25.0 Å². The average Bonchev–Trinajstić information content (AvgIpc) is 2.43. The summed E-state index contributed by atoms with van der Waals surface area (Å²) in [6.07, 6.45) is 1.72. The van der Waals surface area contributed by atoms with Gasteiger partial charge in [-0.25, -0.2) is 0 Å². The maximum Gasteiger partial charge on any atom is 0.387 e. The Morgan fingerprint density at radius 1 is 1.38 bits per heavy atom. The number of nitrogens with one attached hydrogen (secondary N) is 1. The van der Waals surface area contributed by atoms with Crippen LogP contribution in [0.4, 0.5) is 14.5 Å². The van der Waals surface area contributed by atoms with Crippen LogP contribution in [-0.4, -0.2) is 43.1 Å². The van der Waals surface area contributed by atoms with Crippen LogP contribution in [0.2, 0.25) is 0 Å². The molecule has 7 heteroatoms. The van der Waals surface area contributed by atoms with Crippen LogP contribution in [-0.2, 0) is 4.79 Å². The number of likely N-dealkylation sites (tertiary alicyclic amines) is 1. The molecule has 116 valence electrons. The Kier molecular flexibility index (Phi) is 5.46. The first-order valence-corrected chi connectivity index (χ1v) is 6.86. The minimum absolute atomic E-state index is 0.0403. The number of nitrogens with two attached hydrogens (primary N) is 1. The van der Waals surface area contributed by atoms with Gasteiger partial charge in [-0.3, -0.25) is 9.69 Å². The first-order chi connectivity index (χ1) is 10.0. The van der Waals surface area contributed by atoms with Crippen LogP contribution in [0.15, 0.2) is 24.3 Å². The summed E-state index contributed by atoms with van der Waals surface area (Å²) >= 11 is 0. The van der Waals surface area contributed by atoms with Gasteiger partial charge >= 0.3 is 6.61 Å². The van der Waals surface area contributed by atoms with Crippen LogP contribution < -0.4 is 15.8 Å². The van der Waals surface area contributed by atoms with Gasteiger partial charge in [0.05, 0.1) is 12.2 Å². The van der Waals surface area contributed by atoms with Gasteiger partial charge in [0.1, 0.15) is 5.75 Å². The Bertz CT molecular complexity index is 477. The van der Waals surface area contributed by atoms with Crippen molar-refractivity contribution in [3.63, 3.8) is 0 Å². The van der Waals surface area contributed by atoms with Gasteiger partial charge in [0.15, 0.2) is 0 Å². The van der Waals surface area contributed by atoms with Crippen LogP contribution in [0.3, 0.4) is 0 Å². The third kappa shape index (κ3) is 4.95. The van der Waals surface area contributed by atoms with Crippen LogP contribution in [0.1, 0.15) is 12.8 Å². The van der Waals surface area contributed by atoms with Crippen LogP contribution in [0.5, 0.6) is 5.75 Å². The van der Waals surface area contributed by atoms with E-state index < -0.39 is 6.61 Å². The molecule has 1 fully saturated rings. The molecule has 0 spiro atoms.